The highest BCUT2D eigenvalue weighted by Crippen LogP contribution is 2.04. The molecule has 2 N–H and O–H groups in total. The molecule has 0 aliphatic carbocycles. The van der Waals surface area contributed by atoms with Gasteiger partial charge >= 0.3 is 0 Å². The second-order valence-corrected chi connectivity index (χ2v) is 4.65. The maximum absolute atomic E-state index is 9.43. The molecule has 1 unspecified atom stereocenters. The highest BCUT2D eigenvalue weighted by Gasteiger charge is 2.08. The van der Waals surface area contributed by atoms with Crippen LogP contribution in [0.5, 0.6) is 0 Å². The Labute approximate surface area is 114 Å². The number of nitrogens with one attached hydrogen (secondary N) is 1. The molecular weight excluding hydrogens is 238 g/mol. The third-order valence-corrected chi connectivity index (χ3v) is 3.15. The SMILES string of the molecule is CCn1cc(CNC(CO)Cc2ccccc2)cn1. The van der Waals surface area contributed by atoms with Crippen molar-refractivity contribution >= 4 is 0 Å². The first-order valence-electron chi connectivity index (χ1n) is 6.71. The van der Waals surface area contributed by atoms with Gasteiger partial charge in [0.2, 0.25) is 0 Å². The van der Waals surface area contributed by atoms with E-state index in [1.807, 2.05) is 35.3 Å². The van der Waals surface area contributed by atoms with Crippen molar-refractivity contribution in [1.29, 1.82) is 0 Å². The van der Waals surface area contributed by atoms with Gasteiger partial charge in [-0.25, -0.2) is 0 Å². The van der Waals surface area contributed by atoms with Crippen LogP contribution in [0.4, 0.5) is 0 Å². The van der Waals surface area contributed by atoms with Crippen LogP contribution in [0, 0.1) is 0 Å². The molecule has 2 rings (SSSR count). The van der Waals surface area contributed by atoms with Gasteiger partial charge in [-0.05, 0) is 18.9 Å². The topological polar surface area (TPSA) is 50.1 Å². The number of benzene rings is 1. The Balaban J connectivity index is 1.85. The molecule has 0 aliphatic heterocycles. The predicted octanol–water partition coefficient (Wildman–Crippen LogP) is 1.60. The van der Waals surface area contributed by atoms with Gasteiger partial charge in [0, 0.05) is 30.9 Å². The van der Waals surface area contributed by atoms with Gasteiger partial charge in [-0.15, -0.1) is 0 Å². The Kier molecular flexibility index (Phi) is 5.12. The zero-order valence-electron chi connectivity index (χ0n) is 11.3. The second kappa shape index (κ2) is 7.07. The van der Waals surface area contributed by atoms with E-state index >= 15 is 0 Å². The number of aryl methyl sites for hydroxylation is 1. The molecule has 19 heavy (non-hydrogen) atoms. The molecule has 0 saturated carbocycles. The van der Waals surface area contributed by atoms with Crippen LogP contribution in [0.25, 0.3) is 0 Å². The fraction of sp³-hybridized carbons (Fsp3) is 0.400. The van der Waals surface area contributed by atoms with Gasteiger partial charge in [0.15, 0.2) is 0 Å². The van der Waals surface area contributed by atoms with Crippen molar-refractivity contribution in [2.75, 3.05) is 6.61 Å². The van der Waals surface area contributed by atoms with Gasteiger partial charge in [-0.3, -0.25) is 4.68 Å². The van der Waals surface area contributed by atoms with E-state index in [1.165, 1.54) is 5.56 Å². The fourth-order valence-electron chi connectivity index (χ4n) is 2.03. The Bertz CT molecular complexity index is 481. The molecule has 4 heteroatoms. The molecule has 0 saturated heterocycles. The molecule has 1 aromatic carbocycles. The molecule has 1 atom stereocenters. The summed E-state index contributed by atoms with van der Waals surface area (Å²) in [6.07, 6.45) is 4.73. The normalized spacial score (nSPS) is 12.5. The minimum atomic E-state index is 0.0763. The van der Waals surface area contributed by atoms with Crippen LogP contribution < -0.4 is 5.32 Å². The molecule has 0 bridgehead atoms. The van der Waals surface area contributed by atoms with E-state index in [0.717, 1.165) is 25.1 Å². The lowest BCUT2D eigenvalue weighted by Gasteiger charge is -2.15. The van der Waals surface area contributed by atoms with Crippen LogP contribution in [-0.2, 0) is 19.5 Å². The van der Waals surface area contributed by atoms with Crippen molar-refractivity contribution in [3.8, 4) is 0 Å². The molecular formula is C15H21N3O. The van der Waals surface area contributed by atoms with Crippen molar-refractivity contribution in [3.05, 3.63) is 53.9 Å². The van der Waals surface area contributed by atoms with Gasteiger partial charge in [0.05, 0.1) is 12.8 Å². The van der Waals surface area contributed by atoms with E-state index in [9.17, 15) is 5.11 Å². The molecule has 102 valence electrons. The van der Waals surface area contributed by atoms with Gasteiger partial charge in [0.1, 0.15) is 0 Å². The van der Waals surface area contributed by atoms with Gasteiger partial charge in [-0.2, -0.15) is 5.10 Å². The molecule has 4 nitrogen and oxygen atoms in total. The van der Waals surface area contributed by atoms with E-state index in [1.54, 1.807) is 0 Å². The summed E-state index contributed by atoms with van der Waals surface area (Å²) in [4.78, 5) is 0. The maximum Gasteiger partial charge on any atom is 0.0587 e. The molecule has 1 heterocycles. The van der Waals surface area contributed by atoms with Crippen molar-refractivity contribution in [2.24, 2.45) is 0 Å². The minimum Gasteiger partial charge on any atom is -0.395 e. The zero-order valence-corrected chi connectivity index (χ0v) is 11.3. The van der Waals surface area contributed by atoms with Crippen molar-refractivity contribution in [2.45, 2.75) is 32.5 Å². The summed E-state index contributed by atoms with van der Waals surface area (Å²) >= 11 is 0. The zero-order chi connectivity index (χ0) is 13.5. The second-order valence-electron chi connectivity index (χ2n) is 4.65. The molecule has 0 radical (unpaired) electrons. The fourth-order valence-corrected chi connectivity index (χ4v) is 2.03. The van der Waals surface area contributed by atoms with Crippen molar-refractivity contribution < 1.29 is 5.11 Å². The third kappa shape index (κ3) is 4.19. The maximum atomic E-state index is 9.43. The van der Waals surface area contributed by atoms with Gasteiger partial charge in [-0.1, -0.05) is 30.3 Å². The third-order valence-electron chi connectivity index (χ3n) is 3.15. The van der Waals surface area contributed by atoms with E-state index in [0.29, 0.717) is 0 Å². The monoisotopic (exact) mass is 259 g/mol. The summed E-state index contributed by atoms with van der Waals surface area (Å²) in [5.74, 6) is 0. The van der Waals surface area contributed by atoms with Crippen molar-refractivity contribution in [3.63, 3.8) is 0 Å². The number of hydrogen-bond acceptors (Lipinski definition) is 3. The Morgan fingerprint density at radius 1 is 1.26 bits per heavy atom. The lowest BCUT2D eigenvalue weighted by atomic mass is 10.1. The molecule has 1 aromatic heterocycles. The summed E-state index contributed by atoms with van der Waals surface area (Å²) < 4.78 is 1.90. The van der Waals surface area contributed by atoms with E-state index in [-0.39, 0.29) is 12.6 Å². The van der Waals surface area contributed by atoms with Crippen LogP contribution >= 0.6 is 0 Å². The Morgan fingerprint density at radius 2 is 2.05 bits per heavy atom. The number of hydrogen-bond donors (Lipinski definition) is 2. The minimum absolute atomic E-state index is 0.0763. The lowest BCUT2D eigenvalue weighted by molar-refractivity contribution is 0.241. The van der Waals surface area contributed by atoms with E-state index in [4.69, 9.17) is 0 Å². The quantitative estimate of drug-likeness (QED) is 0.794. The summed E-state index contributed by atoms with van der Waals surface area (Å²) in [5.41, 5.74) is 2.38. The van der Waals surface area contributed by atoms with E-state index in [2.05, 4.69) is 29.5 Å². The first kappa shape index (κ1) is 13.8. The van der Waals surface area contributed by atoms with Crippen LogP contribution in [0.15, 0.2) is 42.7 Å². The standard InChI is InChI=1S/C15H21N3O/c1-2-18-11-14(10-17-18)9-16-15(12-19)8-13-6-4-3-5-7-13/h3-7,10-11,15-16,19H,2,8-9,12H2,1H3. The highest BCUT2D eigenvalue weighted by atomic mass is 16.3. The number of nitrogens with zero attached hydrogens (tertiary/aromatic N) is 2. The first-order valence-corrected chi connectivity index (χ1v) is 6.71. The highest BCUT2D eigenvalue weighted by molar-refractivity contribution is 5.16. The number of rotatable bonds is 7. The van der Waals surface area contributed by atoms with Crippen LogP contribution in [0.1, 0.15) is 18.1 Å². The summed E-state index contributed by atoms with van der Waals surface area (Å²) in [6.45, 7) is 3.82. The molecule has 0 spiro atoms. The van der Waals surface area contributed by atoms with Crippen LogP contribution in [0.2, 0.25) is 0 Å². The average molecular weight is 259 g/mol. The van der Waals surface area contributed by atoms with Crippen LogP contribution in [0.3, 0.4) is 0 Å². The van der Waals surface area contributed by atoms with Crippen LogP contribution in [-0.4, -0.2) is 27.5 Å². The molecule has 2 aromatic rings. The number of aliphatic hydroxyl groups is 1. The largest absolute Gasteiger partial charge is 0.395 e. The van der Waals surface area contributed by atoms with Gasteiger partial charge in [0.25, 0.3) is 0 Å². The smallest absolute Gasteiger partial charge is 0.0587 e. The molecule has 0 amide bonds. The number of aliphatic hydroxyl groups excluding tert-OH is 1. The Morgan fingerprint density at radius 3 is 2.68 bits per heavy atom. The molecule has 0 aliphatic rings. The van der Waals surface area contributed by atoms with Crippen molar-refractivity contribution in [1.82, 2.24) is 15.1 Å². The summed E-state index contributed by atoms with van der Waals surface area (Å²) in [6, 6.07) is 10.3. The summed E-state index contributed by atoms with van der Waals surface area (Å²) in [5, 5.41) is 17.0. The molecule has 0 fully saturated rings. The van der Waals surface area contributed by atoms with Gasteiger partial charge < -0.3 is 10.4 Å². The van der Waals surface area contributed by atoms with E-state index < -0.39 is 0 Å². The summed E-state index contributed by atoms with van der Waals surface area (Å²) in [7, 11) is 0. The first-order chi connectivity index (χ1) is 9.31. The average Bonchev–Trinajstić information content (AvgIpc) is 2.92. The Hall–Kier alpha value is -1.65. The predicted molar refractivity (Wildman–Crippen MR) is 75.8 cm³/mol. The number of aromatic nitrogens is 2. The lowest BCUT2D eigenvalue weighted by Crippen LogP contribution is -2.33.